The fourth-order valence-corrected chi connectivity index (χ4v) is 1.99. The van der Waals surface area contributed by atoms with E-state index in [9.17, 15) is 4.79 Å². The molecule has 0 aromatic rings. The summed E-state index contributed by atoms with van der Waals surface area (Å²) in [5.74, 6) is 0.229. The molecule has 1 fully saturated rings. The van der Waals surface area contributed by atoms with Crippen LogP contribution in [0.25, 0.3) is 0 Å². The minimum atomic E-state index is -0.382. The molecule has 0 aromatic heterocycles. The van der Waals surface area contributed by atoms with Gasteiger partial charge in [-0.25, -0.2) is 0 Å². The smallest absolute Gasteiger partial charge is 0.242 e. The summed E-state index contributed by atoms with van der Waals surface area (Å²) in [6, 6.07) is 0.402. The maximum atomic E-state index is 11.8. The average molecular weight is 184 g/mol. The van der Waals surface area contributed by atoms with Crippen LogP contribution in [0, 0.1) is 0 Å². The molecule has 3 heteroatoms. The Balaban J connectivity index is 2.70. The molecule has 3 nitrogen and oxygen atoms in total. The van der Waals surface area contributed by atoms with Gasteiger partial charge >= 0.3 is 0 Å². The molecule has 1 aliphatic heterocycles. The molecule has 1 atom stereocenters. The Morgan fingerprint density at radius 2 is 2.23 bits per heavy atom. The van der Waals surface area contributed by atoms with Gasteiger partial charge in [0.15, 0.2) is 0 Å². The number of hydrogen-bond acceptors (Lipinski definition) is 2. The molecule has 1 saturated heterocycles. The molecular formula is C10H20N2O. The van der Waals surface area contributed by atoms with Crippen LogP contribution in [0.1, 0.15) is 34.1 Å². The highest BCUT2D eigenvalue weighted by atomic mass is 16.2. The fraction of sp³-hybridized carbons (Fsp3) is 0.900. The Labute approximate surface area is 80.5 Å². The van der Waals surface area contributed by atoms with Gasteiger partial charge in [-0.3, -0.25) is 10.1 Å². The zero-order valence-electron chi connectivity index (χ0n) is 9.05. The lowest BCUT2D eigenvalue weighted by Gasteiger charge is -2.41. The minimum Gasteiger partial charge on any atom is -0.340 e. The first-order chi connectivity index (χ1) is 5.97. The molecule has 0 radical (unpaired) electrons. The van der Waals surface area contributed by atoms with E-state index in [0.29, 0.717) is 6.04 Å². The molecule has 0 spiro atoms. The van der Waals surface area contributed by atoms with Gasteiger partial charge in [0.1, 0.15) is 0 Å². The first-order valence-corrected chi connectivity index (χ1v) is 5.04. The molecule has 0 aliphatic carbocycles. The van der Waals surface area contributed by atoms with E-state index in [1.54, 1.807) is 0 Å². The summed E-state index contributed by atoms with van der Waals surface area (Å²) < 4.78 is 0. The fourth-order valence-electron chi connectivity index (χ4n) is 1.99. The van der Waals surface area contributed by atoms with E-state index < -0.39 is 0 Å². The van der Waals surface area contributed by atoms with Gasteiger partial charge in [0.25, 0.3) is 0 Å². The highest BCUT2D eigenvalue weighted by Gasteiger charge is 2.37. The maximum absolute atomic E-state index is 11.8. The van der Waals surface area contributed by atoms with E-state index >= 15 is 0 Å². The van der Waals surface area contributed by atoms with Crippen LogP contribution in [0.5, 0.6) is 0 Å². The van der Waals surface area contributed by atoms with Crippen molar-refractivity contribution in [3.05, 3.63) is 0 Å². The van der Waals surface area contributed by atoms with Crippen LogP contribution in [0.15, 0.2) is 0 Å². The quantitative estimate of drug-likeness (QED) is 0.694. The number of rotatable bonds is 2. The number of carbonyl (C=O) groups excluding carboxylic acids is 1. The molecular weight excluding hydrogens is 164 g/mol. The first kappa shape index (κ1) is 10.5. The number of nitrogens with one attached hydrogen (secondary N) is 1. The Bertz CT molecular complexity index is 201. The Morgan fingerprint density at radius 3 is 2.77 bits per heavy atom. The second kappa shape index (κ2) is 3.66. The normalized spacial score (nSPS) is 27.8. The molecule has 1 aliphatic rings. The molecule has 0 aromatic carbocycles. The lowest BCUT2D eigenvalue weighted by molar-refractivity contribution is -0.141. The van der Waals surface area contributed by atoms with Gasteiger partial charge in [-0.05, 0) is 27.2 Å². The molecule has 13 heavy (non-hydrogen) atoms. The average Bonchev–Trinajstić information content (AvgIpc) is 1.99. The molecule has 76 valence electrons. The van der Waals surface area contributed by atoms with Crippen molar-refractivity contribution in [3.63, 3.8) is 0 Å². The SMILES string of the molecule is CCCN1CC(C)NC(C)(C)C1=O. The van der Waals surface area contributed by atoms with Crippen molar-refractivity contribution in [1.82, 2.24) is 10.2 Å². The molecule has 1 N–H and O–H groups in total. The maximum Gasteiger partial charge on any atom is 0.242 e. The summed E-state index contributed by atoms with van der Waals surface area (Å²) in [6.45, 7) is 9.86. The van der Waals surface area contributed by atoms with Crippen molar-refractivity contribution >= 4 is 5.91 Å². The van der Waals surface area contributed by atoms with Gasteiger partial charge in [0.2, 0.25) is 5.91 Å². The topological polar surface area (TPSA) is 32.3 Å². The van der Waals surface area contributed by atoms with Crippen LogP contribution in [-0.2, 0) is 4.79 Å². The highest BCUT2D eigenvalue weighted by Crippen LogP contribution is 2.15. The Hall–Kier alpha value is -0.570. The Morgan fingerprint density at radius 1 is 1.62 bits per heavy atom. The third-order valence-corrected chi connectivity index (χ3v) is 2.42. The lowest BCUT2D eigenvalue weighted by atomic mass is 9.98. The van der Waals surface area contributed by atoms with Crippen molar-refractivity contribution in [2.75, 3.05) is 13.1 Å². The predicted molar refractivity (Wildman–Crippen MR) is 53.5 cm³/mol. The molecule has 1 heterocycles. The second-order valence-corrected chi connectivity index (χ2v) is 4.42. The number of carbonyl (C=O) groups is 1. The van der Waals surface area contributed by atoms with Crippen LogP contribution in [0.2, 0.25) is 0 Å². The number of nitrogens with zero attached hydrogens (tertiary/aromatic N) is 1. The standard InChI is InChI=1S/C10H20N2O/c1-5-6-12-7-8(2)11-10(3,4)9(12)13/h8,11H,5-7H2,1-4H3. The van der Waals surface area contributed by atoms with Crippen LogP contribution in [-0.4, -0.2) is 35.5 Å². The van der Waals surface area contributed by atoms with Crippen molar-refractivity contribution in [1.29, 1.82) is 0 Å². The van der Waals surface area contributed by atoms with E-state index in [2.05, 4.69) is 19.2 Å². The van der Waals surface area contributed by atoms with Crippen LogP contribution >= 0.6 is 0 Å². The molecule has 1 rings (SSSR count). The van der Waals surface area contributed by atoms with Crippen molar-refractivity contribution < 1.29 is 4.79 Å². The zero-order valence-corrected chi connectivity index (χ0v) is 9.05. The van der Waals surface area contributed by atoms with Gasteiger partial charge in [-0.15, -0.1) is 0 Å². The second-order valence-electron chi connectivity index (χ2n) is 4.42. The monoisotopic (exact) mass is 184 g/mol. The van der Waals surface area contributed by atoms with E-state index in [-0.39, 0.29) is 11.4 Å². The zero-order chi connectivity index (χ0) is 10.1. The van der Waals surface area contributed by atoms with E-state index in [1.807, 2.05) is 18.7 Å². The largest absolute Gasteiger partial charge is 0.340 e. The summed E-state index contributed by atoms with van der Waals surface area (Å²) in [5, 5.41) is 3.30. The third-order valence-electron chi connectivity index (χ3n) is 2.42. The summed E-state index contributed by atoms with van der Waals surface area (Å²) in [7, 11) is 0. The van der Waals surface area contributed by atoms with E-state index in [4.69, 9.17) is 0 Å². The van der Waals surface area contributed by atoms with Crippen molar-refractivity contribution in [2.45, 2.75) is 45.7 Å². The molecule has 0 saturated carbocycles. The minimum absolute atomic E-state index is 0.229. The summed E-state index contributed by atoms with van der Waals surface area (Å²) in [5.41, 5.74) is -0.382. The highest BCUT2D eigenvalue weighted by molar-refractivity contribution is 5.86. The van der Waals surface area contributed by atoms with Crippen LogP contribution in [0.3, 0.4) is 0 Å². The molecule has 0 bridgehead atoms. The van der Waals surface area contributed by atoms with Gasteiger partial charge in [0.05, 0.1) is 5.54 Å². The van der Waals surface area contributed by atoms with Crippen LogP contribution < -0.4 is 5.32 Å². The third kappa shape index (κ3) is 2.21. The van der Waals surface area contributed by atoms with Gasteiger partial charge in [0, 0.05) is 19.1 Å². The van der Waals surface area contributed by atoms with Crippen molar-refractivity contribution in [3.8, 4) is 0 Å². The summed E-state index contributed by atoms with van der Waals surface area (Å²) in [4.78, 5) is 13.8. The van der Waals surface area contributed by atoms with E-state index in [0.717, 1.165) is 19.5 Å². The van der Waals surface area contributed by atoms with Crippen LogP contribution in [0.4, 0.5) is 0 Å². The summed E-state index contributed by atoms with van der Waals surface area (Å²) >= 11 is 0. The number of hydrogen-bond donors (Lipinski definition) is 1. The van der Waals surface area contributed by atoms with Crippen molar-refractivity contribution in [2.24, 2.45) is 0 Å². The van der Waals surface area contributed by atoms with Gasteiger partial charge in [-0.2, -0.15) is 0 Å². The summed E-state index contributed by atoms with van der Waals surface area (Å²) in [6.07, 6.45) is 1.04. The molecule has 1 amide bonds. The molecule has 1 unspecified atom stereocenters. The first-order valence-electron chi connectivity index (χ1n) is 5.04. The lowest BCUT2D eigenvalue weighted by Crippen LogP contribution is -2.64. The van der Waals surface area contributed by atoms with E-state index in [1.165, 1.54) is 0 Å². The Kier molecular flexibility index (Phi) is 2.96. The number of piperazine rings is 1. The number of amides is 1. The predicted octanol–water partition coefficient (Wildman–Crippen LogP) is 0.995. The van der Waals surface area contributed by atoms with Gasteiger partial charge in [-0.1, -0.05) is 6.92 Å². The van der Waals surface area contributed by atoms with Gasteiger partial charge < -0.3 is 4.90 Å².